The van der Waals surface area contributed by atoms with Crippen molar-refractivity contribution in [2.45, 2.75) is 13.3 Å². The molecule has 106 valence electrons. The van der Waals surface area contributed by atoms with Crippen molar-refractivity contribution in [3.63, 3.8) is 0 Å². The van der Waals surface area contributed by atoms with Crippen LogP contribution in [0.3, 0.4) is 0 Å². The fourth-order valence-corrected chi connectivity index (χ4v) is 2.38. The Morgan fingerprint density at radius 3 is 3.00 bits per heavy atom. The fraction of sp³-hybridized carbons (Fsp3) is 0.133. The lowest BCUT2D eigenvalue weighted by molar-refractivity contribution is 0.102. The number of aromatic nitrogens is 3. The highest BCUT2D eigenvalue weighted by molar-refractivity contribution is 6.35. The van der Waals surface area contributed by atoms with Crippen molar-refractivity contribution < 1.29 is 4.79 Å². The largest absolute Gasteiger partial charge is 0.305 e. The van der Waals surface area contributed by atoms with E-state index in [0.29, 0.717) is 16.4 Å². The molecule has 0 unspecified atom stereocenters. The average Bonchev–Trinajstić information content (AvgIpc) is 2.94. The summed E-state index contributed by atoms with van der Waals surface area (Å²) in [5.41, 5.74) is 1.90. The van der Waals surface area contributed by atoms with Crippen LogP contribution in [0.1, 0.15) is 23.0 Å². The number of fused-ring (bicyclic) bond motifs is 1. The molecule has 0 bridgehead atoms. The van der Waals surface area contributed by atoms with E-state index in [9.17, 15) is 4.79 Å². The van der Waals surface area contributed by atoms with Gasteiger partial charge in [0.1, 0.15) is 11.5 Å². The van der Waals surface area contributed by atoms with Gasteiger partial charge in [0.05, 0.1) is 16.7 Å². The summed E-state index contributed by atoms with van der Waals surface area (Å²) >= 11 is 6.21. The zero-order valence-corrected chi connectivity index (χ0v) is 12.1. The molecule has 21 heavy (non-hydrogen) atoms. The molecule has 2 N–H and O–H groups in total. The zero-order chi connectivity index (χ0) is 14.8. The van der Waals surface area contributed by atoms with Gasteiger partial charge in [0, 0.05) is 10.9 Å². The minimum absolute atomic E-state index is 0.273. The van der Waals surface area contributed by atoms with Crippen LogP contribution in [-0.2, 0) is 6.42 Å². The van der Waals surface area contributed by atoms with Gasteiger partial charge in [-0.2, -0.15) is 5.10 Å². The molecule has 3 aromatic rings. The average molecular weight is 301 g/mol. The summed E-state index contributed by atoms with van der Waals surface area (Å²) in [5, 5.41) is 10.8. The van der Waals surface area contributed by atoms with E-state index in [1.165, 1.54) is 0 Å². The van der Waals surface area contributed by atoms with Crippen molar-refractivity contribution in [2.75, 3.05) is 5.32 Å². The van der Waals surface area contributed by atoms with Crippen LogP contribution >= 0.6 is 11.6 Å². The molecule has 0 spiro atoms. The molecule has 0 saturated carbocycles. The Labute approximate surface area is 126 Å². The number of amides is 1. The summed E-state index contributed by atoms with van der Waals surface area (Å²) < 4.78 is 0. The van der Waals surface area contributed by atoms with Gasteiger partial charge in [-0.15, -0.1) is 0 Å². The number of benzene rings is 1. The van der Waals surface area contributed by atoms with Crippen molar-refractivity contribution in [1.29, 1.82) is 0 Å². The Kier molecular flexibility index (Phi) is 3.58. The third-order valence-electron chi connectivity index (χ3n) is 3.24. The molecule has 0 radical (unpaired) electrons. The number of nitrogens with zero attached hydrogens (tertiary/aromatic N) is 2. The van der Waals surface area contributed by atoms with E-state index < -0.39 is 0 Å². The molecule has 5 nitrogen and oxygen atoms in total. The van der Waals surface area contributed by atoms with Crippen LogP contribution in [0.4, 0.5) is 5.82 Å². The van der Waals surface area contributed by atoms with Crippen molar-refractivity contribution in [2.24, 2.45) is 0 Å². The van der Waals surface area contributed by atoms with Crippen LogP contribution in [0.15, 0.2) is 36.5 Å². The lowest BCUT2D eigenvalue weighted by Gasteiger charge is -2.06. The van der Waals surface area contributed by atoms with E-state index in [1.807, 2.05) is 31.2 Å². The number of nitrogens with one attached hydrogen (secondary N) is 2. The van der Waals surface area contributed by atoms with E-state index in [0.717, 1.165) is 17.4 Å². The number of pyridine rings is 1. The normalized spacial score (nSPS) is 10.8. The van der Waals surface area contributed by atoms with E-state index in [4.69, 9.17) is 11.6 Å². The lowest BCUT2D eigenvalue weighted by Crippen LogP contribution is -2.15. The number of H-pyrrole nitrogens is 1. The third kappa shape index (κ3) is 2.60. The number of aryl methyl sites for hydroxylation is 1. The maximum Gasteiger partial charge on any atom is 0.275 e. The van der Waals surface area contributed by atoms with Crippen molar-refractivity contribution in [3.8, 4) is 0 Å². The Hall–Kier alpha value is -2.40. The second kappa shape index (κ2) is 5.54. The number of hydrogen-bond acceptors (Lipinski definition) is 3. The van der Waals surface area contributed by atoms with E-state index >= 15 is 0 Å². The summed E-state index contributed by atoms with van der Waals surface area (Å²) in [6.45, 7) is 1.99. The molecule has 0 aliphatic carbocycles. The Balaban J connectivity index is 1.95. The molecule has 0 saturated heterocycles. The molecule has 3 rings (SSSR count). The number of aromatic amines is 1. The van der Waals surface area contributed by atoms with Crippen molar-refractivity contribution in [1.82, 2.24) is 15.2 Å². The Morgan fingerprint density at radius 2 is 2.19 bits per heavy atom. The van der Waals surface area contributed by atoms with Gasteiger partial charge in [0.15, 0.2) is 0 Å². The second-order valence-electron chi connectivity index (χ2n) is 4.58. The van der Waals surface area contributed by atoms with Gasteiger partial charge in [-0.3, -0.25) is 9.89 Å². The van der Waals surface area contributed by atoms with Crippen molar-refractivity contribution >= 4 is 34.2 Å². The van der Waals surface area contributed by atoms with Crippen LogP contribution in [0.5, 0.6) is 0 Å². The summed E-state index contributed by atoms with van der Waals surface area (Å²) in [6.07, 6.45) is 2.47. The number of hydrogen-bond donors (Lipinski definition) is 2. The van der Waals surface area contributed by atoms with Crippen LogP contribution in [0, 0.1) is 0 Å². The molecule has 0 aliphatic rings. The van der Waals surface area contributed by atoms with Gasteiger partial charge in [0.25, 0.3) is 5.91 Å². The standard InChI is InChI=1S/C15H13ClN4O/c1-2-9-8-17-20-14(9)19-15(21)13-7-11(16)10-5-3-4-6-12(10)18-13/h3-8H,2H2,1H3,(H2,17,19,20,21). The van der Waals surface area contributed by atoms with Crippen LogP contribution in [-0.4, -0.2) is 21.1 Å². The van der Waals surface area contributed by atoms with Gasteiger partial charge in [-0.05, 0) is 18.6 Å². The number of anilines is 1. The molecule has 0 fully saturated rings. The summed E-state index contributed by atoms with van der Waals surface area (Å²) in [7, 11) is 0. The van der Waals surface area contributed by atoms with E-state index in [2.05, 4.69) is 20.5 Å². The number of rotatable bonds is 3. The predicted octanol–water partition coefficient (Wildman–Crippen LogP) is 3.43. The maximum atomic E-state index is 12.3. The first kappa shape index (κ1) is 13.6. The number of halogens is 1. The second-order valence-corrected chi connectivity index (χ2v) is 4.99. The van der Waals surface area contributed by atoms with E-state index in [-0.39, 0.29) is 11.6 Å². The van der Waals surface area contributed by atoms with Gasteiger partial charge in [-0.25, -0.2) is 4.98 Å². The minimum Gasteiger partial charge on any atom is -0.305 e. The molecule has 0 aliphatic heterocycles. The first-order valence-electron chi connectivity index (χ1n) is 6.58. The highest BCUT2D eigenvalue weighted by Crippen LogP contribution is 2.23. The van der Waals surface area contributed by atoms with Crippen LogP contribution < -0.4 is 5.32 Å². The number of carbonyl (C=O) groups excluding carboxylic acids is 1. The molecule has 1 aromatic carbocycles. The van der Waals surface area contributed by atoms with Gasteiger partial charge in [-0.1, -0.05) is 36.7 Å². The molecule has 2 aromatic heterocycles. The van der Waals surface area contributed by atoms with E-state index in [1.54, 1.807) is 12.3 Å². The lowest BCUT2D eigenvalue weighted by atomic mass is 10.2. The fourth-order valence-electron chi connectivity index (χ4n) is 2.11. The highest BCUT2D eigenvalue weighted by Gasteiger charge is 2.13. The monoisotopic (exact) mass is 300 g/mol. The first-order chi connectivity index (χ1) is 10.2. The maximum absolute atomic E-state index is 12.3. The summed E-state index contributed by atoms with van der Waals surface area (Å²) in [4.78, 5) is 16.6. The molecule has 1 amide bonds. The van der Waals surface area contributed by atoms with Crippen molar-refractivity contribution in [3.05, 3.63) is 52.8 Å². The van der Waals surface area contributed by atoms with Gasteiger partial charge >= 0.3 is 0 Å². The topological polar surface area (TPSA) is 70.7 Å². The molecule has 0 atom stereocenters. The number of para-hydroxylation sites is 1. The molecular formula is C15H13ClN4O. The quantitative estimate of drug-likeness (QED) is 0.778. The third-order valence-corrected chi connectivity index (χ3v) is 3.55. The first-order valence-corrected chi connectivity index (χ1v) is 6.95. The Morgan fingerprint density at radius 1 is 1.38 bits per heavy atom. The Bertz CT molecular complexity index is 812. The predicted molar refractivity (Wildman–Crippen MR) is 82.7 cm³/mol. The van der Waals surface area contributed by atoms with Crippen LogP contribution in [0.2, 0.25) is 5.02 Å². The zero-order valence-electron chi connectivity index (χ0n) is 11.4. The minimum atomic E-state index is -0.318. The van der Waals surface area contributed by atoms with Crippen LogP contribution in [0.25, 0.3) is 10.9 Å². The smallest absolute Gasteiger partial charge is 0.275 e. The molecule has 6 heteroatoms. The summed E-state index contributed by atoms with van der Waals surface area (Å²) in [5.74, 6) is 0.273. The number of carbonyl (C=O) groups is 1. The highest BCUT2D eigenvalue weighted by atomic mass is 35.5. The van der Waals surface area contributed by atoms with Gasteiger partial charge < -0.3 is 5.32 Å². The molecular weight excluding hydrogens is 288 g/mol. The summed E-state index contributed by atoms with van der Waals surface area (Å²) in [6, 6.07) is 9.01. The van der Waals surface area contributed by atoms with Gasteiger partial charge in [0.2, 0.25) is 0 Å². The SMILES string of the molecule is CCc1cn[nH]c1NC(=O)c1cc(Cl)c2ccccc2n1. The molecule has 2 heterocycles.